The molecule has 1 fully saturated rings. The monoisotopic (exact) mass is 393 g/mol. The molecule has 4 nitrogen and oxygen atoms in total. The van der Waals surface area contributed by atoms with Crippen LogP contribution in [0.2, 0.25) is 0 Å². The number of Topliss-reactive ketones (excluding diaryl/α,β-unsaturated/α-hetero) is 1. The number of halogens is 1. The van der Waals surface area contributed by atoms with Crippen molar-refractivity contribution in [2.24, 2.45) is 9.98 Å². The van der Waals surface area contributed by atoms with Gasteiger partial charge in [0.2, 0.25) is 0 Å². The van der Waals surface area contributed by atoms with Gasteiger partial charge >= 0.3 is 0 Å². The zero-order chi connectivity index (χ0) is 16.4. The lowest BCUT2D eigenvalue weighted by molar-refractivity contribution is -0.114. The average Bonchev–Trinajstić information content (AvgIpc) is 2.88. The van der Waals surface area contributed by atoms with Crippen molar-refractivity contribution >= 4 is 44.2 Å². The van der Waals surface area contributed by atoms with Crippen LogP contribution in [0.5, 0.6) is 0 Å². The highest BCUT2D eigenvalue weighted by Crippen LogP contribution is 2.35. The lowest BCUT2D eigenvalue weighted by Gasteiger charge is -2.33. The second kappa shape index (κ2) is 6.87. The number of ketones is 1. The maximum Gasteiger partial charge on any atom is 0.154 e. The Morgan fingerprint density at radius 2 is 1.91 bits per heavy atom. The van der Waals surface area contributed by atoms with Crippen LogP contribution in [0.1, 0.15) is 25.3 Å². The summed E-state index contributed by atoms with van der Waals surface area (Å²) in [7, 11) is 2.14. The molecule has 0 bridgehead atoms. The summed E-state index contributed by atoms with van der Waals surface area (Å²) in [6, 6.07) is 8.15. The fraction of sp³-hybridized carbons (Fsp3) is 0.471. The quantitative estimate of drug-likeness (QED) is 0.790. The molecule has 1 saturated heterocycles. The molecule has 1 spiro atoms. The maximum absolute atomic E-state index is 11.4. The molecule has 3 rings (SSSR count). The molecule has 0 unspecified atom stereocenters. The van der Waals surface area contributed by atoms with Crippen LogP contribution < -0.4 is 0 Å². The van der Waals surface area contributed by atoms with Crippen molar-refractivity contribution < 1.29 is 4.79 Å². The van der Waals surface area contributed by atoms with Crippen LogP contribution in [0.3, 0.4) is 0 Å². The minimum absolute atomic E-state index is 0.164. The smallest absolute Gasteiger partial charge is 0.154 e. The first kappa shape index (κ1) is 16.9. The van der Waals surface area contributed by atoms with Gasteiger partial charge in [-0.05, 0) is 26.1 Å². The predicted molar refractivity (Wildman–Crippen MR) is 101 cm³/mol. The third-order valence-electron chi connectivity index (χ3n) is 4.15. The molecule has 0 amide bonds. The van der Waals surface area contributed by atoms with Gasteiger partial charge in [0.15, 0.2) is 5.66 Å². The largest absolute Gasteiger partial charge is 0.306 e. The van der Waals surface area contributed by atoms with Crippen LogP contribution in [0.15, 0.2) is 38.7 Å². The Labute approximate surface area is 149 Å². The van der Waals surface area contributed by atoms with Gasteiger partial charge < -0.3 is 4.90 Å². The van der Waals surface area contributed by atoms with Gasteiger partial charge in [-0.3, -0.25) is 9.79 Å². The van der Waals surface area contributed by atoms with Gasteiger partial charge in [0, 0.05) is 36.0 Å². The molecule has 23 heavy (non-hydrogen) atoms. The zero-order valence-electron chi connectivity index (χ0n) is 13.4. The van der Waals surface area contributed by atoms with Crippen molar-refractivity contribution in [1.82, 2.24) is 4.90 Å². The molecule has 0 N–H and O–H groups in total. The highest BCUT2D eigenvalue weighted by atomic mass is 79.9. The third kappa shape index (κ3) is 3.92. The standard InChI is InChI=1S/C17H20BrN3OS/c1-12(22)11-23-16-15(13-3-5-14(18)6-4-13)19-17(20-16)7-9-21(2)10-8-17/h3-6H,7-11H2,1-2H3. The molecule has 122 valence electrons. The molecular formula is C17H20BrN3OS. The molecule has 2 aliphatic rings. The topological polar surface area (TPSA) is 45.0 Å². The number of thioether (sulfide) groups is 1. The van der Waals surface area contributed by atoms with Gasteiger partial charge in [-0.2, -0.15) is 0 Å². The van der Waals surface area contributed by atoms with Crippen LogP contribution >= 0.6 is 27.7 Å². The summed E-state index contributed by atoms with van der Waals surface area (Å²) in [6.45, 7) is 3.63. The van der Waals surface area contributed by atoms with E-state index in [1.54, 1.807) is 6.92 Å². The molecule has 2 aliphatic heterocycles. The molecule has 0 aromatic heterocycles. The Hall–Kier alpha value is -0.980. The van der Waals surface area contributed by atoms with E-state index in [-0.39, 0.29) is 11.4 Å². The average molecular weight is 394 g/mol. The van der Waals surface area contributed by atoms with Crippen molar-refractivity contribution in [3.05, 3.63) is 34.3 Å². The molecule has 1 aromatic carbocycles. The van der Waals surface area contributed by atoms with Crippen molar-refractivity contribution in [3.8, 4) is 0 Å². The van der Waals surface area contributed by atoms with Crippen molar-refractivity contribution in [2.75, 3.05) is 25.9 Å². The van der Waals surface area contributed by atoms with E-state index in [1.807, 2.05) is 12.1 Å². The normalized spacial score (nSPS) is 20.5. The molecule has 0 aliphatic carbocycles. The van der Waals surface area contributed by atoms with Crippen LogP contribution in [-0.4, -0.2) is 53.0 Å². The Morgan fingerprint density at radius 3 is 2.52 bits per heavy atom. The fourth-order valence-electron chi connectivity index (χ4n) is 2.79. The van der Waals surface area contributed by atoms with E-state index in [0.717, 1.165) is 46.7 Å². The maximum atomic E-state index is 11.4. The van der Waals surface area contributed by atoms with Crippen molar-refractivity contribution in [3.63, 3.8) is 0 Å². The first-order valence-electron chi connectivity index (χ1n) is 7.74. The number of carbonyl (C=O) groups is 1. The first-order chi connectivity index (χ1) is 11.0. The molecule has 0 saturated carbocycles. The lowest BCUT2D eigenvalue weighted by Crippen LogP contribution is -2.39. The van der Waals surface area contributed by atoms with E-state index in [1.165, 1.54) is 11.8 Å². The second-order valence-corrected chi connectivity index (χ2v) is 8.04. The van der Waals surface area contributed by atoms with Crippen molar-refractivity contribution in [2.45, 2.75) is 25.4 Å². The number of hydrogen-bond donors (Lipinski definition) is 0. The summed E-state index contributed by atoms with van der Waals surface area (Å²) in [5.74, 6) is 0.613. The lowest BCUT2D eigenvalue weighted by atomic mass is 9.99. The van der Waals surface area contributed by atoms with Crippen LogP contribution in [0.4, 0.5) is 0 Å². The van der Waals surface area contributed by atoms with Gasteiger partial charge in [-0.15, -0.1) is 0 Å². The number of benzene rings is 1. The SMILES string of the molecule is CC(=O)CSC1=NC2(CCN(C)CC2)N=C1c1ccc(Br)cc1. The van der Waals surface area contributed by atoms with Crippen LogP contribution in [-0.2, 0) is 4.79 Å². The number of rotatable bonds is 3. The minimum Gasteiger partial charge on any atom is -0.306 e. The van der Waals surface area contributed by atoms with Crippen LogP contribution in [0.25, 0.3) is 0 Å². The highest BCUT2D eigenvalue weighted by molar-refractivity contribution is 9.10. The Bertz CT molecular complexity index is 661. The number of hydrogen-bond acceptors (Lipinski definition) is 5. The Kier molecular flexibility index (Phi) is 5.04. The van der Waals surface area contributed by atoms with E-state index in [0.29, 0.717) is 5.75 Å². The van der Waals surface area contributed by atoms with E-state index in [4.69, 9.17) is 9.98 Å². The second-order valence-electron chi connectivity index (χ2n) is 6.16. The number of likely N-dealkylation sites (tertiary alicyclic amines) is 1. The molecule has 0 atom stereocenters. The van der Waals surface area contributed by atoms with E-state index < -0.39 is 0 Å². The fourth-order valence-corrected chi connectivity index (χ4v) is 3.93. The van der Waals surface area contributed by atoms with Gasteiger partial charge in [0.1, 0.15) is 10.8 Å². The number of piperidine rings is 1. The van der Waals surface area contributed by atoms with E-state index in [9.17, 15) is 4.79 Å². The molecule has 0 radical (unpaired) electrons. The number of aliphatic imine (C=N–C) groups is 2. The summed E-state index contributed by atoms with van der Waals surface area (Å²) >= 11 is 4.98. The third-order valence-corrected chi connectivity index (χ3v) is 5.79. The van der Waals surface area contributed by atoms with Gasteiger partial charge in [0.25, 0.3) is 0 Å². The molecular weight excluding hydrogens is 374 g/mol. The summed E-state index contributed by atoms with van der Waals surface area (Å²) in [5.41, 5.74) is 1.68. The highest BCUT2D eigenvalue weighted by Gasteiger charge is 2.39. The summed E-state index contributed by atoms with van der Waals surface area (Å²) < 4.78 is 1.05. The molecule has 2 heterocycles. The van der Waals surface area contributed by atoms with Crippen LogP contribution in [0, 0.1) is 0 Å². The first-order valence-corrected chi connectivity index (χ1v) is 9.52. The number of nitrogens with zero attached hydrogens (tertiary/aromatic N) is 3. The van der Waals surface area contributed by atoms with Gasteiger partial charge in [-0.1, -0.05) is 39.8 Å². The number of carbonyl (C=O) groups excluding carboxylic acids is 1. The van der Waals surface area contributed by atoms with Gasteiger partial charge in [0.05, 0.1) is 11.5 Å². The zero-order valence-corrected chi connectivity index (χ0v) is 15.8. The van der Waals surface area contributed by atoms with Crippen molar-refractivity contribution in [1.29, 1.82) is 0 Å². The molecule has 1 aromatic rings. The van der Waals surface area contributed by atoms with E-state index >= 15 is 0 Å². The molecule has 6 heteroatoms. The summed E-state index contributed by atoms with van der Waals surface area (Å²) in [5, 5.41) is 0.909. The van der Waals surface area contributed by atoms with E-state index in [2.05, 4.69) is 40.0 Å². The predicted octanol–water partition coefficient (Wildman–Crippen LogP) is 3.39. The summed E-state index contributed by atoms with van der Waals surface area (Å²) in [6.07, 6.45) is 1.88. The van der Waals surface area contributed by atoms with Gasteiger partial charge in [-0.25, -0.2) is 4.99 Å². The Morgan fingerprint density at radius 1 is 1.26 bits per heavy atom. The Balaban J connectivity index is 1.91. The minimum atomic E-state index is -0.325. The summed E-state index contributed by atoms with van der Waals surface area (Å²) in [4.78, 5) is 23.6.